The third-order valence-corrected chi connectivity index (χ3v) is 3.91. The van der Waals surface area contributed by atoms with E-state index < -0.39 is 24.0 Å². The molecule has 0 aliphatic heterocycles. The Bertz CT molecular complexity index is 607. The minimum Gasteiger partial charge on any atom is -0.452 e. The second-order valence-electron chi connectivity index (χ2n) is 5.22. The Labute approximate surface area is 131 Å². The monoisotopic (exact) mass is 350 g/mol. The summed E-state index contributed by atoms with van der Waals surface area (Å²) in [6, 6.07) is 8.84. The molecule has 110 valence electrons. The van der Waals surface area contributed by atoms with Gasteiger partial charge in [-0.2, -0.15) is 5.26 Å². The van der Waals surface area contributed by atoms with Gasteiger partial charge >= 0.3 is 5.97 Å². The zero-order chi connectivity index (χ0) is 15.5. The predicted molar refractivity (Wildman–Crippen MR) is 79.3 cm³/mol. The number of esters is 1. The molecule has 2 rings (SSSR count). The van der Waals surface area contributed by atoms with Crippen LogP contribution in [0.25, 0.3) is 0 Å². The highest BCUT2D eigenvalue weighted by Crippen LogP contribution is 2.39. The van der Waals surface area contributed by atoms with Gasteiger partial charge < -0.3 is 10.1 Å². The molecule has 0 saturated heterocycles. The fourth-order valence-electron chi connectivity index (χ4n) is 2.04. The fraction of sp³-hybridized carbons (Fsp3) is 0.400. The van der Waals surface area contributed by atoms with E-state index in [1.807, 2.05) is 0 Å². The van der Waals surface area contributed by atoms with Crippen molar-refractivity contribution in [3.05, 3.63) is 34.3 Å². The summed E-state index contributed by atoms with van der Waals surface area (Å²) in [7, 11) is 0. The standard InChI is InChI=1S/C15H15BrN2O3/c1-15(9-17,11-5-6-11)18-13(19)8-21-14(20)10-3-2-4-12(16)7-10/h2-4,7,11H,5-6,8H2,1H3,(H,18,19)/t15-/m1/s1. The van der Waals surface area contributed by atoms with Crippen LogP contribution in [0.5, 0.6) is 0 Å². The molecule has 6 heteroatoms. The van der Waals surface area contributed by atoms with Crippen molar-refractivity contribution in [2.24, 2.45) is 5.92 Å². The van der Waals surface area contributed by atoms with E-state index >= 15 is 0 Å². The number of carbonyl (C=O) groups excluding carboxylic acids is 2. The normalized spacial score (nSPS) is 16.4. The summed E-state index contributed by atoms with van der Waals surface area (Å²) in [5.74, 6) is -0.849. The number of halogens is 1. The topological polar surface area (TPSA) is 79.2 Å². The molecule has 1 aromatic rings. The SMILES string of the molecule is C[C@](C#N)(NC(=O)COC(=O)c1cccc(Br)c1)C1CC1. The first kappa shape index (κ1) is 15.5. The zero-order valence-electron chi connectivity index (χ0n) is 11.6. The van der Waals surface area contributed by atoms with Gasteiger partial charge in [0.05, 0.1) is 11.6 Å². The van der Waals surface area contributed by atoms with Crippen molar-refractivity contribution in [3.8, 4) is 6.07 Å². The minimum absolute atomic E-state index is 0.187. The van der Waals surface area contributed by atoms with Gasteiger partial charge in [-0.15, -0.1) is 0 Å². The lowest BCUT2D eigenvalue weighted by molar-refractivity contribution is -0.125. The molecule has 5 nitrogen and oxygen atoms in total. The van der Waals surface area contributed by atoms with Crippen molar-refractivity contribution in [1.82, 2.24) is 5.32 Å². The Hall–Kier alpha value is -1.87. The van der Waals surface area contributed by atoms with Crippen LogP contribution in [0.2, 0.25) is 0 Å². The van der Waals surface area contributed by atoms with E-state index in [9.17, 15) is 9.59 Å². The van der Waals surface area contributed by atoms with Gasteiger partial charge in [-0.3, -0.25) is 4.79 Å². The average molecular weight is 351 g/mol. The molecule has 1 aromatic carbocycles. The number of carbonyl (C=O) groups is 2. The Morgan fingerprint density at radius 2 is 2.24 bits per heavy atom. The molecule has 0 aromatic heterocycles. The first-order valence-corrected chi connectivity index (χ1v) is 7.39. The van der Waals surface area contributed by atoms with Gasteiger partial charge in [0.1, 0.15) is 5.54 Å². The van der Waals surface area contributed by atoms with Crippen molar-refractivity contribution in [2.45, 2.75) is 25.3 Å². The summed E-state index contributed by atoms with van der Waals surface area (Å²) < 4.78 is 5.71. The number of hydrogen-bond acceptors (Lipinski definition) is 4. The van der Waals surface area contributed by atoms with Crippen molar-refractivity contribution in [2.75, 3.05) is 6.61 Å². The maximum Gasteiger partial charge on any atom is 0.338 e. The maximum absolute atomic E-state index is 11.8. The first-order valence-electron chi connectivity index (χ1n) is 6.59. The second kappa shape index (κ2) is 6.27. The van der Waals surface area contributed by atoms with E-state index in [2.05, 4.69) is 27.3 Å². The largest absolute Gasteiger partial charge is 0.452 e. The minimum atomic E-state index is -0.876. The van der Waals surface area contributed by atoms with Crippen molar-refractivity contribution in [3.63, 3.8) is 0 Å². The highest BCUT2D eigenvalue weighted by Gasteiger charge is 2.43. The summed E-state index contributed by atoms with van der Waals surface area (Å²) in [5.41, 5.74) is -0.512. The van der Waals surface area contributed by atoms with Gasteiger partial charge in [0.15, 0.2) is 6.61 Å². The lowest BCUT2D eigenvalue weighted by Crippen LogP contribution is -2.48. The van der Waals surface area contributed by atoms with Crippen molar-refractivity contribution >= 4 is 27.8 Å². The number of nitriles is 1. The van der Waals surface area contributed by atoms with E-state index in [1.54, 1.807) is 31.2 Å². The average Bonchev–Trinajstić information content (AvgIpc) is 3.29. The Kier molecular flexibility index (Phi) is 4.63. The molecule has 0 radical (unpaired) electrons. The van der Waals surface area contributed by atoms with Gasteiger partial charge in [-0.1, -0.05) is 22.0 Å². The van der Waals surface area contributed by atoms with Crippen LogP contribution in [0.15, 0.2) is 28.7 Å². The van der Waals surface area contributed by atoms with E-state index in [1.165, 1.54) is 0 Å². The molecule has 1 aliphatic carbocycles. The number of ether oxygens (including phenoxy) is 1. The smallest absolute Gasteiger partial charge is 0.338 e. The third-order valence-electron chi connectivity index (χ3n) is 3.42. The predicted octanol–water partition coefficient (Wildman–Crippen LogP) is 2.41. The van der Waals surface area contributed by atoms with Gasteiger partial charge in [-0.05, 0) is 43.9 Å². The van der Waals surface area contributed by atoms with Crippen LogP contribution in [-0.4, -0.2) is 24.0 Å². The maximum atomic E-state index is 11.8. The number of rotatable bonds is 5. The molecular weight excluding hydrogens is 336 g/mol. The molecule has 1 atom stereocenters. The molecule has 1 amide bonds. The number of benzene rings is 1. The Morgan fingerprint density at radius 1 is 1.52 bits per heavy atom. The van der Waals surface area contributed by atoms with Gasteiger partial charge in [0.2, 0.25) is 0 Å². The van der Waals surface area contributed by atoms with Crippen LogP contribution in [0.4, 0.5) is 0 Å². The second-order valence-corrected chi connectivity index (χ2v) is 6.14. The summed E-state index contributed by atoms with van der Waals surface area (Å²) in [5, 5.41) is 11.8. The summed E-state index contributed by atoms with van der Waals surface area (Å²) in [6.45, 7) is 1.30. The highest BCUT2D eigenvalue weighted by molar-refractivity contribution is 9.10. The van der Waals surface area contributed by atoms with E-state index in [0.717, 1.165) is 17.3 Å². The third kappa shape index (κ3) is 4.05. The molecule has 1 aliphatic rings. The van der Waals surface area contributed by atoms with E-state index in [0.29, 0.717) is 5.56 Å². The lowest BCUT2D eigenvalue weighted by atomic mass is 9.98. The lowest BCUT2D eigenvalue weighted by Gasteiger charge is -2.22. The molecule has 0 spiro atoms. The van der Waals surface area contributed by atoms with E-state index in [4.69, 9.17) is 10.00 Å². The Morgan fingerprint density at radius 3 is 2.81 bits per heavy atom. The molecule has 21 heavy (non-hydrogen) atoms. The number of amides is 1. The van der Waals surface area contributed by atoms with Crippen molar-refractivity contribution < 1.29 is 14.3 Å². The Balaban J connectivity index is 1.87. The molecule has 1 N–H and O–H groups in total. The van der Waals surface area contributed by atoms with Crippen LogP contribution in [0, 0.1) is 17.2 Å². The van der Waals surface area contributed by atoms with Crippen LogP contribution in [0.1, 0.15) is 30.1 Å². The van der Waals surface area contributed by atoms with Gasteiger partial charge in [0.25, 0.3) is 5.91 Å². The van der Waals surface area contributed by atoms with Crippen LogP contribution in [-0.2, 0) is 9.53 Å². The summed E-state index contributed by atoms with van der Waals surface area (Å²) in [6.07, 6.45) is 1.87. The zero-order valence-corrected chi connectivity index (χ0v) is 13.1. The molecule has 0 unspecified atom stereocenters. The molecule has 0 bridgehead atoms. The quantitative estimate of drug-likeness (QED) is 0.827. The van der Waals surface area contributed by atoms with Crippen molar-refractivity contribution in [1.29, 1.82) is 5.26 Å². The summed E-state index contributed by atoms with van der Waals surface area (Å²) in [4.78, 5) is 23.6. The highest BCUT2D eigenvalue weighted by atomic mass is 79.9. The first-order chi connectivity index (χ1) is 9.94. The van der Waals surface area contributed by atoms with E-state index in [-0.39, 0.29) is 5.92 Å². The number of hydrogen-bond donors (Lipinski definition) is 1. The number of nitrogens with one attached hydrogen (secondary N) is 1. The molecule has 1 saturated carbocycles. The molecule has 1 fully saturated rings. The number of nitrogens with zero attached hydrogens (tertiary/aromatic N) is 1. The molecular formula is C15H15BrN2O3. The molecule has 0 heterocycles. The van der Waals surface area contributed by atoms with Crippen LogP contribution >= 0.6 is 15.9 Å². The van der Waals surface area contributed by atoms with Gasteiger partial charge in [-0.25, -0.2) is 4.79 Å². The fourth-order valence-corrected chi connectivity index (χ4v) is 2.44. The van der Waals surface area contributed by atoms with Crippen LogP contribution in [0.3, 0.4) is 0 Å². The van der Waals surface area contributed by atoms with Crippen LogP contribution < -0.4 is 5.32 Å². The summed E-state index contributed by atoms with van der Waals surface area (Å²) >= 11 is 3.26. The van der Waals surface area contributed by atoms with Gasteiger partial charge in [0, 0.05) is 4.47 Å².